The lowest BCUT2D eigenvalue weighted by Crippen LogP contribution is -2.38. The van der Waals surface area contributed by atoms with Crippen LogP contribution in [0.3, 0.4) is 0 Å². The minimum absolute atomic E-state index is 0.0421. The first-order chi connectivity index (χ1) is 7.97. The Balaban J connectivity index is 2.88. The highest BCUT2D eigenvalue weighted by Gasteiger charge is 2.24. The molecule has 0 amide bonds. The Labute approximate surface area is 108 Å². The zero-order chi connectivity index (χ0) is 12.9. The van der Waals surface area contributed by atoms with E-state index in [0.29, 0.717) is 0 Å². The third-order valence-electron chi connectivity index (χ3n) is 2.31. The number of aromatic nitrogens is 1. The second-order valence-corrected chi connectivity index (χ2v) is 6.38. The molecule has 0 unspecified atom stereocenters. The van der Waals surface area contributed by atoms with Crippen LogP contribution >= 0.6 is 11.6 Å². The predicted octanol–water partition coefficient (Wildman–Crippen LogP) is 1.86. The van der Waals surface area contributed by atoms with Gasteiger partial charge in [-0.2, -0.15) is 4.31 Å². The van der Waals surface area contributed by atoms with Crippen molar-refractivity contribution in [3.8, 4) is 0 Å². The van der Waals surface area contributed by atoms with Crippen LogP contribution in [0.5, 0.6) is 0 Å². The minimum Gasteiger partial charge on any atom is -0.260 e. The fourth-order valence-corrected chi connectivity index (χ4v) is 3.45. The van der Waals surface area contributed by atoms with E-state index in [1.807, 2.05) is 26.0 Å². The first-order valence-electron chi connectivity index (χ1n) is 5.43. The van der Waals surface area contributed by atoms with Crippen LogP contribution in [0.1, 0.15) is 19.5 Å². The number of alkyl halides is 1. The molecule has 6 heteroatoms. The van der Waals surface area contributed by atoms with E-state index in [9.17, 15) is 8.42 Å². The van der Waals surface area contributed by atoms with Gasteiger partial charge < -0.3 is 0 Å². The van der Waals surface area contributed by atoms with Crippen molar-refractivity contribution in [1.29, 1.82) is 0 Å². The summed E-state index contributed by atoms with van der Waals surface area (Å²) in [7, 11) is -3.31. The maximum absolute atomic E-state index is 12.0. The van der Waals surface area contributed by atoms with Gasteiger partial charge in [-0.05, 0) is 26.0 Å². The van der Waals surface area contributed by atoms with Gasteiger partial charge in [0.15, 0.2) is 0 Å². The van der Waals surface area contributed by atoms with E-state index in [1.54, 1.807) is 12.3 Å². The fraction of sp³-hybridized carbons (Fsp3) is 0.545. The van der Waals surface area contributed by atoms with Crippen molar-refractivity contribution >= 4 is 21.6 Å². The highest BCUT2D eigenvalue weighted by molar-refractivity contribution is 7.89. The Morgan fingerprint density at radius 3 is 2.59 bits per heavy atom. The number of sulfonamides is 1. The summed E-state index contributed by atoms with van der Waals surface area (Å²) in [6.45, 7) is 3.97. The summed E-state index contributed by atoms with van der Waals surface area (Å²) in [5.41, 5.74) is 0.736. The van der Waals surface area contributed by atoms with Gasteiger partial charge in [0.05, 0.1) is 18.0 Å². The van der Waals surface area contributed by atoms with Crippen LogP contribution in [0, 0.1) is 0 Å². The van der Waals surface area contributed by atoms with E-state index in [1.165, 1.54) is 4.31 Å². The van der Waals surface area contributed by atoms with Gasteiger partial charge in [0.2, 0.25) is 10.0 Å². The van der Waals surface area contributed by atoms with Crippen molar-refractivity contribution in [1.82, 2.24) is 9.29 Å². The van der Waals surface area contributed by atoms with E-state index in [2.05, 4.69) is 4.98 Å². The third-order valence-corrected chi connectivity index (χ3v) is 4.71. The van der Waals surface area contributed by atoms with Crippen LogP contribution in [-0.4, -0.2) is 35.4 Å². The molecule has 0 aliphatic heterocycles. The molecule has 17 heavy (non-hydrogen) atoms. The van der Waals surface area contributed by atoms with Crippen molar-refractivity contribution in [3.05, 3.63) is 30.1 Å². The Bertz CT molecular complexity index is 434. The lowest BCUT2D eigenvalue weighted by molar-refractivity contribution is 0.345. The van der Waals surface area contributed by atoms with Gasteiger partial charge in [0, 0.05) is 18.1 Å². The molecular formula is C11H17ClN2O2S. The molecule has 0 aromatic carbocycles. The van der Waals surface area contributed by atoms with E-state index >= 15 is 0 Å². The molecule has 4 nitrogen and oxygen atoms in total. The standard InChI is InChI=1S/C11H17ClN2O2S/c1-10(2)14(17(15,16)8-6-12)9-11-5-3-4-7-13-11/h3-5,7,10H,6,8-9H2,1-2H3. The summed E-state index contributed by atoms with van der Waals surface area (Å²) in [5, 5.41) is 0. The molecule has 0 fully saturated rings. The van der Waals surface area contributed by atoms with E-state index < -0.39 is 10.0 Å². The Morgan fingerprint density at radius 1 is 1.41 bits per heavy atom. The summed E-state index contributed by atoms with van der Waals surface area (Å²) >= 11 is 5.52. The number of pyridine rings is 1. The third kappa shape index (κ3) is 4.26. The minimum atomic E-state index is -3.31. The maximum atomic E-state index is 12.0. The molecule has 1 aromatic heterocycles. The largest absolute Gasteiger partial charge is 0.260 e. The van der Waals surface area contributed by atoms with Crippen LogP contribution in [0.2, 0.25) is 0 Å². The van der Waals surface area contributed by atoms with Crippen LogP contribution < -0.4 is 0 Å². The summed E-state index contributed by atoms with van der Waals surface area (Å²) in [6, 6.07) is 5.35. The first-order valence-corrected chi connectivity index (χ1v) is 7.57. The number of nitrogens with zero attached hydrogens (tertiary/aromatic N) is 2. The molecule has 0 aliphatic carbocycles. The van der Waals surface area contributed by atoms with Crippen molar-refractivity contribution in [3.63, 3.8) is 0 Å². The maximum Gasteiger partial charge on any atom is 0.215 e. The summed E-state index contributed by atoms with van der Waals surface area (Å²) in [6.07, 6.45) is 1.65. The lowest BCUT2D eigenvalue weighted by Gasteiger charge is -2.25. The van der Waals surface area contributed by atoms with Gasteiger partial charge in [-0.1, -0.05) is 6.07 Å². The second-order valence-electron chi connectivity index (χ2n) is 3.97. The molecule has 96 valence electrons. The molecule has 0 N–H and O–H groups in total. The molecule has 0 aliphatic rings. The summed E-state index contributed by atoms with van der Waals surface area (Å²) in [5.74, 6) is 0.0628. The number of rotatable bonds is 6. The molecule has 0 atom stereocenters. The number of halogens is 1. The molecular weight excluding hydrogens is 260 g/mol. The smallest absolute Gasteiger partial charge is 0.215 e. The van der Waals surface area contributed by atoms with Crippen LogP contribution in [0.25, 0.3) is 0 Å². The number of hydrogen-bond donors (Lipinski definition) is 0. The Morgan fingerprint density at radius 2 is 2.12 bits per heavy atom. The van der Waals surface area contributed by atoms with Gasteiger partial charge in [-0.25, -0.2) is 8.42 Å². The zero-order valence-electron chi connectivity index (χ0n) is 10.0. The molecule has 0 spiro atoms. The zero-order valence-corrected chi connectivity index (χ0v) is 11.6. The average molecular weight is 277 g/mol. The van der Waals surface area contributed by atoms with Crippen LogP contribution in [0.15, 0.2) is 24.4 Å². The first kappa shape index (κ1) is 14.4. The average Bonchev–Trinajstić information content (AvgIpc) is 2.26. The highest BCUT2D eigenvalue weighted by Crippen LogP contribution is 2.12. The van der Waals surface area contributed by atoms with Gasteiger partial charge in [0.25, 0.3) is 0 Å². The quantitative estimate of drug-likeness (QED) is 0.745. The van der Waals surface area contributed by atoms with Crippen molar-refractivity contribution in [2.45, 2.75) is 26.4 Å². The van der Waals surface area contributed by atoms with Crippen molar-refractivity contribution < 1.29 is 8.42 Å². The second kappa shape index (κ2) is 6.33. The van der Waals surface area contributed by atoms with Gasteiger partial charge >= 0.3 is 0 Å². The lowest BCUT2D eigenvalue weighted by atomic mass is 10.3. The predicted molar refractivity (Wildman–Crippen MR) is 69.4 cm³/mol. The Hall–Kier alpha value is -0.650. The molecule has 0 radical (unpaired) electrons. The van der Waals surface area contributed by atoms with Gasteiger partial charge in [-0.15, -0.1) is 11.6 Å². The van der Waals surface area contributed by atoms with Crippen LogP contribution in [0.4, 0.5) is 0 Å². The van der Waals surface area contributed by atoms with Crippen molar-refractivity contribution in [2.24, 2.45) is 0 Å². The SMILES string of the molecule is CC(C)N(Cc1ccccn1)S(=O)(=O)CCCl. The molecule has 0 saturated heterocycles. The Kier molecular flexibility index (Phi) is 5.36. The van der Waals surface area contributed by atoms with E-state index in [-0.39, 0.29) is 24.2 Å². The monoisotopic (exact) mass is 276 g/mol. The molecule has 1 heterocycles. The normalized spacial score (nSPS) is 12.3. The molecule has 1 aromatic rings. The molecule has 0 bridgehead atoms. The highest BCUT2D eigenvalue weighted by atomic mass is 35.5. The van der Waals surface area contributed by atoms with E-state index in [0.717, 1.165) is 5.69 Å². The van der Waals surface area contributed by atoms with Crippen molar-refractivity contribution in [2.75, 3.05) is 11.6 Å². The molecule has 0 saturated carbocycles. The summed E-state index contributed by atoms with van der Waals surface area (Å²) < 4.78 is 25.4. The molecule has 1 rings (SSSR count). The topological polar surface area (TPSA) is 50.3 Å². The van der Waals surface area contributed by atoms with Crippen LogP contribution in [-0.2, 0) is 16.6 Å². The van der Waals surface area contributed by atoms with E-state index in [4.69, 9.17) is 11.6 Å². The summed E-state index contributed by atoms with van der Waals surface area (Å²) in [4.78, 5) is 4.14. The van der Waals surface area contributed by atoms with Gasteiger partial charge in [0.1, 0.15) is 0 Å². The number of hydrogen-bond acceptors (Lipinski definition) is 3. The fourth-order valence-electron chi connectivity index (χ4n) is 1.47. The van der Waals surface area contributed by atoms with Gasteiger partial charge in [-0.3, -0.25) is 4.98 Å².